The molecule has 1 amide bonds. The molecule has 4 rings (SSSR count). The maximum absolute atomic E-state index is 13.3. The second-order valence-corrected chi connectivity index (χ2v) is 9.28. The zero-order valence-corrected chi connectivity index (χ0v) is 18.1. The van der Waals surface area contributed by atoms with Gasteiger partial charge < -0.3 is 9.80 Å². The van der Waals surface area contributed by atoms with Crippen LogP contribution in [0.1, 0.15) is 65.9 Å². The average molecular weight is 414 g/mol. The Morgan fingerprint density at radius 2 is 2.10 bits per heavy atom. The molecule has 1 aliphatic heterocycles. The summed E-state index contributed by atoms with van der Waals surface area (Å²) in [6.45, 7) is 5.57. The fraction of sp³-hybridized carbons (Fsp3) is 0.636. The second-order valence-electron chi connectivity index (χ2n) is 8.53. The Hall–Kier alpha value is -1.86. The highest BCUT2D eigenvalue weighted by molar-refractivity contribution is 7.07. The van der Waals surface area contributed by atoms with E-state index in [9.17, 15) is 4.79 Å². The lowest BCUT2D eigenvalue weighted by Gasteiger charge is -2.41. The van der Waals surface area contributed by atoms with Crippen LogP contribution in [0.4, 0.5) is 0 Å². The minimum atomic E-state index is 0.0520. The molecule has 0 unspecified atom stereocenters. The van der Waals surface area contributed by atoms with Crippen LogP contribution in [-0.2, 0) is 6.54 Å². The van der Waals surface area contributed by atoms with Crippen LogP contribution in [0.2, 0.25) is 0 Å². The Morgan fingerprint density at radius 1 is 1.24 bits per heavy atom. The Bertz CT molecular complexity index is 790. The van der Waals surface area contributed by atoms with Crippen LogP contribution in [0.15, 0.2) is 24.5 Å². The first-order valence-electron chi connectivity index (χ1n) is 10.9. The highest BCUT2D eigenvalue weighted by atomic mass is 32.1. The molecule has 156 valence electrons. The Morgan fingerprint density at radius 3 is 2.83 bits per heavy atom. The van der Waals surface area contributed by atoms with E-state index in [1.54, 1.807) is 6.20 Å². The van der Waals surface area contributed by atoms with Gasteiger partial charge in [0.2, 0.25) is 0 Å². The summed E-state index contributed by atoms with van der Waals surface area (Å²) >= 11 is 1.20. The normalized spacial score (nSPS) is 21.2. The Balaban J connectivity index is 1.47. The van der Waals surface area contributed by atoms with Crippen LogP contribution < -0.4 is 0 Å². The average Bonchev–Trinajstić information content (AvgIpc) is 3.20. The van der Waals surface area contributed by atoms with Gasteiger partial charge in [-0.3, -0.25) is 9.78 Å². The van der Waals surface area contributed by atoms with Crippen LogP contribution in [-0.4, -0.2) is 56.0 Å². The van der Waals surface area contributed by atoms with Crippen molar-refractivity contribution in [1.82, 2.24) is 24.4 Å². The highest BCUT2D eigenvalue weighted by Crippen LogP contribution is 2.28. The minimum Gasteiger partial charge on any atom is -0.333 e. The van der Waals surface area contributed by atoms with E-state index in [0.717, 1.165) is 30.4 Å². The first kappa shape index (κ1) is 20.4. The molecular weight excluding hydrogens is 382 g/mol. The molecule has 0 aromatic carbocycles. The van der Waals surface area contributed by atoms with Gasteiger partial charge in [-0.05, 0) is 68.2 Å². The van der Waals surface area contributed by atoms with Crippen molar-refractivity contribution in [2.45, 2.75) is 64.5 Å². The van der Waals surface area contributed by atoms with E-state index in [0.29, 0.717) is 17.3 Å². The number of hydrogen-bond donors (Lipinski definition) is 0. The molecule has 1 aliphatic carbocycles. The smallest absolute Gasteiger partial charge is 0.267 e. The third-order valence-electron chi connectivity index (χ3n) is 6.35. The van der Waals surface area contributed by atoms with Crippen molar-refractivity contribution in [1.29, 1.82) is 0 Å². The molecule has 1 saturated carbocycles. The number of nitrogens with zero attached hydrogens (tertiary/aromatic N) is 5. The molecular formula is C22H31N5OS. The van der Waals surface area contributed by atoms with Gasteiger partial charge >= 0.3 is 0 Å². The molecule has 2 aromatic heterocycles. The van der Waals surface area contributed by atoms with Crippen LogP contribution in [0, 0.1) is 12.8 Å². The van der Waals surface area contributed by atoms with Gasteiger partial charge in [-0.1, -0.05) is 29.8 Å². The van der Waals surface area contributed by atoms with E-state index in [2.05, 4.69) is 19.5 Å². The molecule has 1 saturated heterocycles. The van der Waals surface area contributed by atoms with Gasteiger partial charge in [0.05, 0.1) is 5.69 Å². The second kappa shape index (κ2) is 9.76. The first-order valence-corrected chi connectivity index (χ1v) is 11.7. The van der Waals surface area contributed by atoms with Crippen LogP contribution in [0.25, 0.3) is 0 Å². The summed E-state index contributed by atoms with van der Waals surface area (Å²) in [5, 5.41) is 4.05. The van der Waals surface area contributed by atoms with Gasteiger partial charge in [-0.2, -0.15) is 0 Å². The number of rotatable bonds is 6. The van der Waals surface area contributed by atoms with E-state index in [1.165, 1.54) is 63.0 Å². The van der Waals surface area contributed by atoms with Crippen molar-refractivity contribution in [3.63, 3.8) is 0 Å². The van der Waals surface area contributed by atoms with Crippen molar-refractivity contribution in [2.24, 2.45) is 5.92 Å². The SMILES string of the molecule is Cc1nnsc1C(=O)N(Cc1cccnc1)C[C@H]1CCCN(C2CCCCC2)C1. The van der Waals surface area contributed by atoms with Crippen molar-refractivity contribution in [3.8, 4) is 0 Å². The van der Waals surface area contributed by atoms with E-state index in [-0.39, 0.29) is 5.91 Å². The lowest BCUT2D eigenvalue weighted by molar-refractivity contribution is 0.0586. The van der Waals surface area contributed by atoms with Crippen LogP contribution in [0.3, 0.4) is 0 Å². The van der Waals surface area contributed by atoms with Crippen LogP contribution >= 0.6 is 11.5 Å². The topological polar surface area (TPSA) is 62.2 Å². The summed E-state index contributed by atoms with van der Waals surface area (Å²) in [5.41, 5.74) is 1.79. The van der Waals surface area contributed by atoms with Crippen molar-refractivity contribution in [2.75, 3.05) is 19.6 Å². The molecule has 2 aliphatic rings. The largest absolute Gasteiger partial charge is 0.333 e. The van der Waals surface area contributed by atoms with E-state index in [4.69, 9.17) is 0 Å². The highest BCUT2D eigenvalue weighted by Gasteiger charge is 2.30. The molecule has 0 radical (unpaired) electrons. The molecule has 6 nitrogen and oxygen atoms in total. The zero-order chi connectivity index (χ0) is 20.1. The number of carbonyl (C=O) groups excluding carboxylic acids is 1. The monoisotopic (exact) mass is 413 g/mol. The first-order chi connectivity index (χ1) is 14.2. The lowest BCUT2D eigenvalue weighted by Crippen LogP contribution is -2.47. The predicted octanol–water partition coefficient (Wildman–Crippen LogP) is 3.93. The summed E-state index contributed by atoms with van der Waals surface area (Å²) in [7, 11) is 0. The van der Waals surface area contributed by atoms with Crippen molar-refractivity contribution >= 4 is 17.4 Å². The summed E-state index contributed by atoms with van der Waals surface area (Å²) < 4.78 is 3.98. The number of pyridine rings is 1. The molecule has 7 heteroatoms. The van der Waals surface area contributed by atoms with Gasteiger partial charge in [-0.15, -0.1) is 5.10 Å². The fourth-order valence-corrected chi connectivity index (χ4v) is 5.46. The number of carbonyl (C=O) groups is 1. The molecule has 0 spiro atoms. The molecule has 0 N–H and O–H groups in total. The van der Waals surface area contributed by atoms with Crippen LogP contribution in [0.5, 0.6) is 0 Å². The zero-order valence-electron chi connectivity index (χ0n) is 17.3. The third-order valence-corrected chi connectivity index (χ3v) is 7.17. The summed E-state index contributed by atoms with van der Waals surface area (Å²) in [5.74, 6) is 0.573. The Kier molecular flexibility index (Phi) is 6.87. The van der Waals surface area contributed by atoms with E-state index in [1.807, 2.05) is 30.2 Å². The quantitative estimate of drug-likeness (QED) is 0.718. The predicted molar refractivity (Wildman–Crippen MR) is 115 cm³/mol. The van der Waals surface area contributed by atoms with Crippen molar-refractivity contribution in [3.05, 3.63) is 40.7 Å². The number of likely N-dealkylation sites (tertiary alicyclic amines) is 1. The number of aromatic nitrogens is 3. The van der Waals surface area contributed by atoms with E-state index < -0.39 is 0 Å². The number of amides is 1. The number of aryl methyl sites for hydroxylation is 1. The molecule has 3 heterocycles. The van der Waals surface area contributed by atoms with Crippen molar-refractivity contribution < 1.29 is 4.79 Å². The molecule has 29 heavy (non-hydrogen) atoms. The summed E-state index contributed by atoms with van der Waals surface area (Å²) in [6, 6.07) is 4.73. The number of piperidine rings is 1. The maximum Gasteiger partial charge on any atom is 0.267 e. The Labute approximate surface area is 177 Å². The van der Waals surface area contributed by atoms with Gasteiger partial charge in [-0.25, -0.2) is 0 Å². The lowest BCUT2D eigenvalue weighted by atomic mass is 9.90. The number of hydrogen-bond acceptors (Lipinski definition) is 6. The fourth-order valence-electron chi connectivity index (χ4n) is 4.84. The molecule has 0 bridgehead atoms. The molecule has 2 aromatic rings. The van der Waals surface area contributed by atoms with Gasteiger partial charge in [0, 0.05) is 38.1 Å². The molecule has 2 fully saturated rings. The minimum absolute atomic E-state index is 0.0520. The van der Waals surface area contributed by atoms with Gasteiger partial charge in [0.1, 0.15) is 4.88 Å². The van der Waals surface area contributed by atoms with Gasteiger partial charge in [0.15, 0.2) is 0 Å². The third kappa shape index (κ3) is 5.20. The van der Waals surface area contributed by atoms with Gasteiger partial charge in [0.25, 0.3) is 5.91 Å². The standard InChI is InChI=1S/C22H31N5OS/c1-17-21(29-25-24-17)22(28)27(14-18-7-5-11-23-13-18)16-19-8-6-12-26(15-19)20-9-3-2-4-10-20/h5,7,11,13,19-20H,2-4,6,8-10,12,14-16H2,1H3/t19-/m0/s1. The summed E-state index contributed by atoms with van der Waals surface area (Å²) in [4.78, 5) is 22.9. The summed E-state index contributed by atoms with van der Waals surface area (Å²) in [6.07, 6.45) is 12.9. The molecule has 1 atom stereocenters. The van der Waals surface area contributed by atoms with E-state index >= 15 is 0 Å². The maximum atomic E-state index is 13.3.